The minimum Gasteiger partial charge on any atom is -0.476 e. The van der Waals surface area contributed by atoms with Crippen LogP contribution < -0.4 is 10.1 Å². The van der Waals surface area contributed by atoms with Gasteiger partial charge in [-0.15, -0.1) is 11.3 Å². The van der Waals surface area contributed by atoms with Gasteiger partial charge < -0.3 is 19.7 Å². The number of pyridine rings is 1. The number of ether oxygens (including phenoxy) is 2. The van der Waals surface area contributed by atoms with Crippen molar-refractivity contribution < 1.29 is 9.47 Å². The fourth-order valence-corrected chi connectivity index (χ4v) is 3.11. The van der Waals surface area contributed by atoms with Crippen LogP contribution in [0, 0.1) is 0 Å². The first-order valence-electron chi connectivity index (χ1n) is 8.16. The van der Waals surface area contributed by atoms with Gasteiger partial charge in [0, 0.05) is 38.8 Å². The molecule has 1 N–H and O–H groups in total. The number of aliphatic imine (C=N–C) groups is 1. The second-order valence-corrected chi connectivity index (χ2v) is 6.87. The maximum atomic E-state index is 5.80. The molecule has 7 nitrogen and oxygen atoms in total. The molecule has 0 amide bonds. The summed E-state index contributed by atoms with van der Waals surface area (Å²) >= 11 is 7.40. The van der Waals surface area contributed by atoms with Crippen molar-refractivity contribution in [2.45, 2.75) is 19.6 Å². The van der Waals surface area contributed by atoms with Gasteiger partial charge in [0.25, 0.3) is 0 Å². The molecule has 2 heterocycles. The number of methoxy groups -OCH3 is 1. The Morgan fingerprint density at radius 2 is 2.27 bits per heavy atom. The Labute approximate surface area is 163 Å². The molecule has 142 valence electrons. The first-order valence-corrected chi connectivity index (χ1v) is 9.42. The van der Waals surface area contributed by atoms with E-state index in [1.807, 2.05) is 24.3 Å². The highest BCUT2D eigenvalue weighted by Crippen LogP contribution is 2.20. The Kier molecular flexibility index (Phi) is 8.08. The number of rotatable bonds is 8. The molecule has 1 unspecified atom stereocenters. The molecule has 2 rings (SSSR count). The smallest absolute Gasteiger partial charge is 0.213 e. The van der Waals surface area contributed by atoms with Crippen molar-refractivity contribution in [3.8, 4) is 5.88 Å². The van der Waals surface area contributed by atoms with Crippen LogP contribution in [0.1, 0.15) is 23.7 Å². The van der Waals surface area contributed by atoms with Crippen LogP contribution in [-0.4, -0.2) is 55.2 Å². The van der Waals surface area contributed by atoms with Crippen molar-refractivity contribution in [1.82, 2.24) is 20.2 Å². The number of aromatic nitrogens is 2. The minimum absolute atomic E-state index is 0.00937. The quantitative estimate of drug-likeness (QED) is 0.419. The van der Waals surface area contributed by atoms with Gasteiger partial charge in [0.2, 0.25) is 5.88 Å². The van der Waals surface area contributed by atoms with Gasteiger partial charge in [0.05, 0.1) is 23.8 Å². The summed E-state index contributed by atoms with van der Waals surface area (Å²) in [6, 6.07) is 3.49. The zero-order valence-electron chi connectivity index (χ0n) is 15.4. The van der Waals surface area contributed by atoms with E-state index in [9.17, 15) is 0 Å². The van der Waals surface area contributed by atoms with Crippen LogP contribution in [0.25, 0.3) is 0 Å². The Balaban J connectivity index is 1.78. The third kappa shape index (κ3) is 6.12. The molecule has 0 fully saturated rings. The fraction of sp³-hybridized carbons (Fsp3) is 0.471. The standard InChI is InChI=1S/C17H24ClN5O2S/c1-12(24-4)16-22-14(11-26-16)10-23(3)17(19-2)20-7-8-25-15-6-5-13(18)9-21-15/h5-6,9,11-12H,7-8,10H2,1-4H3,(H,19,20). The van der Waals surface area contributed by atoms with E-state index in [1.165, 1.54) is 0 Å². The Hall–Kier alpha value is -1.90. The third-order valence-corrected chi connectivity index (χ3v) is 4.86. The highest BCUT2D eigenvalue weighted by molar-refractivity contribution is 7.09. The lowest BCUT2D eigenvalue weighted by Gasteiger charge is -2.21. The van der Waals surface area contributed by atoms with E-state index in [4.69, 9.17) is 21.1 Å². The van der Waals surface area contributed by atoms with Gasteiger partial charge in [-0.2, -0.15) is 0 Å². The summed E-state index contributed by atoms with van der Waals surface area (Å²) in [6.45, 7) is 3.71. The Bertz CT molecular complexity index is 707. The lowest BCUT2D eigenvalue weighted by molar-refractivity contribution is 0.119. The summed E-state index contributed by atoms with van der Waals surface area (Å²) in [5.41, 5.74) is 0.987. The highest BCUT2D eigenvalue weighted by Gasteiger charge is 2.12. The van der Waals surface area contributed by atoms with Crippen LogP contribution in [0.5, 0.6) is 5.88 Å². The molecule has 9 heteroatoms. The SMILES string of the molecule is CN=C(NCCOc1ccc(Cl)cn1)N(C)Cc1csc(C(C)OC)n1. The predicted molar refractivity (Wildman–Crippen MR) is 105 cm³/mol. The van der Waals surface area contributed by atoms with E-state index in [0.29, 0.717) is 30.6 Å². The van der Waals surface area contributed by atoms with Crippen LogP contribution in [-0.2, 0) is 11.3 Å². The molecule has 0 aromatic carbocycles. The number of guanidine groups is 1. The second kappa shape index (κ2) is 10.3. The highest BCUT2D eigenvalue weighted by atomic mass is 35.5. The molecular weight excluding hydrogens is 374 g/mol. The summed E-state index contributed by atoms with van der Waals surface area (Å²) in [7, 11) is 5.40. The number of hydrogen-bond acceptors (Lipinski definition) is 6. The van der Waals surface area contributed by atoms with Gasteiger partial charge in [0.1, 0.15) is 17.7 Å². The van der Waals surface area contributed by atoms with Gasteiger partial charge in [-0.25, -0.2) is 9.97 Å². The van der Waals surface area contributed by atoms with Gasteiger partial charge in [-0.3, -0.25) is 4.99 Å². The van der Waals surface area contributed by atoms with E-state index in [2.05, 4.69) is 20.3 Å². The molecule has 0 aliphatic heterocycles. The fourth-order valence-electron chi connectivity index (χ4n) is 2.15. The summed E-state index contributed by atoms with van der Waals surface area (Å²) in [5.74, 6) is 1.31. The Morgan fingerprint density at radius 1 is 1.46 bits per heavy atom. The molecule has 26 heavy (non-hydrogen) atoms. The normalized spacial score (nSPS) is 12.7. The van der Waals surface area contributed by atoms with Crippen LogP contribution in [0.3, 0.4) is 0 Å². The van der Waals surface area contributed by atoms with Crippen molar-refractivity contribution in [2.24, 2.45) is 4.99 Å². The minimum atomic E-state index is 0.00937. The maximum absolute atomic E-state index is 5.80. The van der Waals surface area contributed by atoms with Crippen molar-refractivity contribution >= 4 is 28.9 Å². The van der Waals surface area contributed by atoms with Gasteiger partial charge in [-0.05, 0) is 13.0 Å². The summed E-state index contributed by atoms with van der Waals surface area (Å²) < 4.78 is 10.9. The molecular formula is C17H24ClN5O2S. The number of nitrogens with one attached hydrogen (secondary N) is 1. The topological polar surface area (TPSA) is 71.9 Å². The summed E-state index contributed by atoms with van der Waals surface area (Å²) in [5, 5.41) is 6.87. The number of halogens is 1. The summed E-state index contributed by atoms with van der Waals surface area (Å²) in [6.07, 6.45) is 1.57. The molecule has 2 aromatic rings. The Morgan fingerprint density at radius 3 is 2.92 bits per heavy atom. The number of hydrogen-bond donors (Lipinski definition) is 1. The van der Waals surface area contributed by atoms with Crippen molar-refractivity contribution in [1.29, 1.82) is 0 Å². The van der Waals surface area contributed by atoms with E-state index < -0.39 is 0 Å². The predicted octanol–water partition coefficient (Wildman–Crippen LogP) is 2.99. The largest absolute Gasteiger partial charge is 0.476 e. The van der Waals surface area contributed by atoms with Crippen molar-refractivity contribution in [2.75, 3.05) is 34.4 Å². The number of thiazole rings is 1. The zero-order chi connectivity index (χ0) is 18.9. The number of nitrogens with zero attached hydrogens (tertiary/aromatic N) is 4. The van der Waals surface area contributed by atoms with Gasteiger partial charge >= 0.3 is 0 Å². The first kappa shape index (κ1) is 20.4. The zero-order valence-corrected chi connectivity index (χ0v) is 17.0. The summed E-state index contributed by atoms with van der Waals surface area (Å²) in [4.78, 5) is 15.0. The lowest BCUT2D eigenvalue weighted by Crippen LogP contribution is -2.40. The molecule has 2 aromatic heterocycles. The van der Waals surface area contributed by atoms with Crippen LogP contribution in [0.15, 0.2) is 28.7 Å². The molecule has 0 saturated carbocycles. The molecule has 1 atom stereocenters. The van der Waals surface area contributed by atoms with E-state index >= 15 is 0 Å². The van der Waals surface area contributed by atoms with Crippen LogP contribution in [0.4, 0.5) is 0 Å². The van der Waals surface area contributed by atoms with Gasteiger partial charge in [-0.1, -0.05) is 11.6 Å². The molecule has 0 radical (unpaired) electrons. The van der Waals surface area contributed by atoms with Crippen molar-refractivity contribution in [3.05, 3.63) is 39.4 Å². The molecule has 0 aliphatic carbocycles. The average molecular weight is 398 g/mol. The lowest BCUT2D eigenvalue weighted by atomic mass is 10.4. The maximum Gasteiger partial charge on any atom is 0.213 e. The average Bonchev–Trinajstić information content (AvgIpc) is 3.11. The van der Waals surface area contributed by atoms with E-state index in [1.54, 1.807) is 43.8 Å². The van der Waals surface area contributed by atoms with E-state index in [-0.39, 0.29) is 6.10 Å². The third-order valence-electron chi connectivity index (χ3n) is 3.58. The van der Waals surface area contributed by atoms with Crippen LogP contribution in [0.2, 0.25) is 5.02 Å². The molecule has 0 aliphatic rings. The molecule has 0 spiro atoms. The second-order valence-electron chi connectivity index (χ2n) is 5.55. The molecule has 0 bridgehead atoms. The molecule has 0 saturated heterocycles. The van der Waals surface area contributed by atoms with Gasteiger partial charge in [0.15, 0.2) is 5.96 Å². The van der Waals surface area contributed by atoms with E-state index in [0.717, 1.165) is 16.7 Å². The van der Waals surface area contributed by atoms with Crippen LogP contribution >= 0.6 is 22.9 Å². The monoisotopic (exact) mass is 397 g/mol. The van der Waals surface area contributed by atoms with Crippen molar-refractivity contribution in [3.63, 3.8) is 0 Å². The first-order chi connectivity index (χ1) is 12.5.